The van der Waals surface area contributed by atoms with Crippen LogP contribution < -0.4 is 15.5 Å². The van der Waals surface area contributed by atoms with E-state index in [-0.39, 0.29) is 35.9 Å². The van der Waals surface area contributed by atoms with E-state index in [1.54, 1.807) is 13.1 Å². The normalized spacial score (nSPS) is 15.2. The Balaban J connectivity index is 0.00000420. The number of nitrogens with zero attached hydrogens (tertiary/aromatic N) is 3. The van der Waals surface area contributed by atoms with Crippen LogP contribution in [0.1, 0.15) is 25.8 Å². The summed E-state index contributed by atoms with van der Waals surface area (Å²) in [7, 11) is 1.68. The minimum Gasteiger partial charge on any atom is -0.368 e. The molecule has 1 aromatic carbocycles. The van der Waals surface area contributed by atoms with Crippen molar-refractivity contribution in [3.63, 3.8) is 0 Å². The van der Waals surface area contributed by atoms with Crippen LogP contribution in [0.4, 0.5) is 18.9 Å². The maximum absolute atomic E-state index is 12.9. The lowest BCUT2D eigenvalue weighted by Gasteiger charge is -2.37. The predicted octanol–water partition coefficient (Wildman–Crippen LogP) is 2.94. The van der Waals surface area contributed by atoms with Crippen molar-refractivity contribution in [1.29, 1.82) is 0 Å². The van der Waals surface area contributed by atoms with Crippen molar-refractivity contribution in [3.05, 3.63) is 29.8 Å². The largest absolute Gasteiger partial charge is 0.416 e. The van der Waals surface area contributed by atoms with E-state index >= 15 is 0 Å². The number of guanidine groups is 1. The third kappa shape index (κ3) is 7.90. The van der Waals surface area contributed by atoms with Crippen molar-refractivity contribution in [2.45, 2.75) is 32.5 Å². The SMILES string of the molecule is CN=C(NCCC(=O)NC(C)C)N1CCN(c2cccc(C(F)(F)F)c2)CC1.I. The Hall–Kier alpha value is -1.72. The fraction of sp³-hybridized carbons (Fsp3) is 0.579. The van der Waals surface area contributed by atoms with Gasteiger partial charge in [-0.2, -0.15) is 13.2 Å². The number of amides is 1. The smallest absolute Gasteiger partial charge is 0.368 e. The zero-order valence-electron chi connectivity index (χ0n) is 16.9. The molecule has 0 saturated carbocycles. The zero-order chi connectivity index (χ0) is 20.7. The van der Waals surface area contributed by atoms with Gasteiger partial charge >= 0.3 is 6.18 Å². The molecule has 0 bridgehead atoms. The lowest BCUT2D eigenvalue weighted by molar-refractivity contribution is -0.137. The van der Waals surface area contributed by atoms with Crippen LogP contribution in [0, 0.1) is 0 Å². The molecule has 1 aliphatic heterocycles. The number of rotatable bonds is 5. The van der Waals surface area contributed by atoms with Gasteiger partial charge in [0.05, 0.1) is 5.56 Å². The van der Waals surface area contributed by atoms with Crippen molar-refractivity contribution >= 4 is 41.5 Å². The topological polar surface area (TPSA) is 60.0 Å². The molecule has 1 saturated heterocycles. The Morgan fingerprint density at radius 1 is 1.21 bits per heavy atom. The van der Waals surface area contributed by atoms with Gasteiger partial charge in [-0.05, 0) is 32.0 Å². The van der Waals surface area contributed by atoms with Crippen LogP contribution >= 0.6 is 24.0 Å². The van der Waals surface area contributed by atoms with Crippen molar-refractivity contribution in [1.82, 2.24) is 15.5 Å². The molecule has 1 aliphatic rings. The maximum Gasteiger partial charge on any atom is 0.416 e. The van der Waals surface area contributed by atoms with Gasteiger partial charge in [0.2, 0.25) is 5.91 Å². The molecule has 0 atom stereocenters. The van der Waals surface area contributed by atoms with E-state index in [1.807, 2.05) is 23.6 Å². The standard InChI is InChI=1S/C19H28F3N5O.HI/c1-14(2)25-17(28)7-8-24-18(23-3)27-11-9-26(10-12-27)16-6-4-5-15(13-16)19(20,21)22;/h4-6,13-14H,7-12H2,1-3H3,(H,23,24)(H,25,28);1H. The molecule has 1 aromatic rings. The Bertz CT molecular complexity index is 689. The Morgan fingerprint density at radius 3 is 2.41 bits per heavy atom. The minimum atomic E-state index is -4.34. The lowest BCUT2D eigenvalue weighted by atomic mass is 10.1. The first-order valence-electron chi connectivity index (χ1n) is 9.38. The van der Waals surface area contributed by atoms with Crippen LogP contribution in [0.3, 0.4) is 0 Å². The molecule has 0 spiro atoms. The molecule has 164 valence electrons. The summed E-state index contributed by atoms with van der Waals surface area (Å²) in [5, 5.41) is 6.01. The molecule has 1 fully saturated rings. The third-order valence-corrected chi connectivity index (χ3v) is 4.41. The van der Waals surface area contributed by atoms with Crippen LogP contribution in [0.15, 0.2) is 29.3 Å². The lowest BCUT2D eigenvalue weighted by Crippen LogP contribution is -2.53. The number of piperazine rings is 1. The van der Waals surface area contributed by atoms with Gasteiger partial charge in [0.25, 0.3) is 0 Å². The Kier molecular flexibility index (Phi) is 10.0. The van der Waals surface area contributed by atoms with Crippen LogP contribution in [0.5, 0.6) is 0 Å². The van der Waals surface area contributed by atoms with E-state index in [1.165, 1.54) is 12.1 Å². The highest BCUT2D eigenvalue weighted by molar-refractivity contribution is 14.0. The number of hydrogen-bond acceptors (Lipinski definition) is 3. The molecule has 0 unspecified atom stereocenters. The van der Waals surface area contributed by atoms with Gasteiger partial charge < -0.3 is 20.4 Å². The molecule has 2 rings (SSSR count). The molecule has 0 aliphatic carbocycles. The molecule has 1 heterocycles. The second kappa shape index (κ2) is 11.5. The molecular formula is C19H29F3IN5O. The first-order chi connectivity index (χ1) is 13.2. The number of aliphatic imine (C=N–C) groups is 1. The second-order valence-corrected chi connectivity index (χ2v) is 6.97. The van der Waals surface area contributed by atoms with Gasteiger partial charge in [0.15, 0.2) is 5.96 Å². The van der Waals surface area contributed by atoms with E-state index in [9.17, 15) is 18.0 Å². The summed E-state index contributed by atoms with van der Waals surface area (Å²) >= 11 is 0. The van der Waals surface area contributed by atoms with Gasteiger partial charge in [-0.25, -0.2) is 0 Å². The van der Waals surface area contributed by atoms with Gasteiger partial charge in [-0.15, -0.1) is 24.0 Å². The summed E-state index contributed by atoms with van der Waals surface area (Å²) in [5.74, 6) is 0.674. The molecule has 2 N–H and O–H groups in total. The molecule has 6 nitrogen and oxygen atoms in total. The average Bonchev–Trinajstić information content (AvgIpc) is 2.64. The van der Waals surface area contributed by atoms with E-state index in [0.29, 0.717) is 50.8 Å². The fourth-order valence-electron chi connectivity index (χ4n) is 3.07. The summed E-state index contributed by atoms with van der Waals surface area (Å²) < 4.78 is 38.7. The highest BCUT2D eigenvalue weighted by Gasteiger charge is 2.31. The third-order valence-electron chi connectivity index (χ3n) is 4.41. The van der Waals surface area contributed by atoms with E-state index < -0.39 is 11.7 Å². The van der Waals surface area contributed by atoms with Crippen LogP contribution in [0.25, 0.3) is 0 Å². The zero-order valence-corrected chi connectivity index (χ0v) is 19.3. The first-order valence-corrected chi connectivity index (χ1v) is 9.38. The van der Waals surface area contributed by atoms with E-state index in [0.717, 1.165) is 6.07 Å². The first kappa shape index (κ1) is 25.3. The number of carbonyl (C=O) groups is 1. The van der Waals surface area contributed by atoms with Crippen molar-refractivity contribution in [3.8, 4) is 0 Å². The minimum absolute atomic E-state index is 0. The number of hydrogen-bond donors (Lipinski definition) is 2. The van der Waals surface area contributed by atoms with Crippen LogP contribution in [0.2, 0.25) is 0 Å². The van der Waals surface area contributed by atoms with Gasteiger partial charge in [0, 0.05) is 57.9 Å². The van der Waals surface area contributed by atoms with E-state index in [4.69, 9.17) is 0 Å². The van der Waals surface area contributed by atoms with Gasteiger partial charge in [-0.1, -0.05) is 6.07 Å². The summed E-state index contributed by atoms with van der Waals surface area (Å²) in [6, 6.07) is 5.52. The number of benzene rings is 1. The summed E-state index contributed by atoms with van der Waals surface area (Å²) in [5.41, 5.74) is -0.0626. The summed E-state index contributed by atoms with van der Waals surface area (Å²) in [6.07, 6.45) is -3.99. The number of carbonyl (C=O) groups excluding carboxylic acids is 1. The maximum atomic E-state index is 12.9. The summed E-state index contributed by atoms with van der Waals surface area (Å²) in [4.78, 5) is 19.9. The van der Waals surface area contributed by atoms with Gasteiger partial charge in [0.1, 0.15) is 0 Å². The molecule has 0 aromatic heterocycles. The second-order valence-electron chi connectivity index (χ2n) is 6.97. The van der Waals surface area contributed by atoms with Crippen LogP contribution in [-0.2, 0) is 11.0 Å². The van der Waals surface area contributed by atoms with Crippen LogP contribution in [-0.4, -0.2) is 62.6 Å². The van der Waals surface area contributed by atoms with E-state index in [2.05, 4.69) is 15.6 Å². The average molecular weight is 527 g/mol. The predicted molar refractivity (Wildman–Crippen MR) is 120 cm³/mol. The quantitative estimate of drug-likeness (QED) is 0.352. The van der Waals surface area contributed by atoms with Crippen molar-refractivity contribution in [2.24, 2.45) is 4.99 Å². The van der Waals surface area contributed by atoms with Gasteiger partial charge in [-0.3, -0.25) is 9.79 Å². The number of anilines is 1. The fourth-order valence-corrected chi connectivity index (χ4v) is 3.07. The number of alkyl halides is 3. The molecule has 29 heavy (non-hydrogen) atoms. The molecule has 10 heteroatoms. The highest BCUT2D eigenvalue weighted by atomic mass is 127. The Morgan fingerprint density at radius 2 is 1.86 bits per heavy atom. The molecule has 1 amide bonds. The highest BCUT2D eigenvalue weighted by Crippen LogP contribution is 2.31. The number of nitrogens with one attached hydrogen (secondary N) is 2. The molecule has 0 radical (unpaired) electrons. The van der Waals surface area contributed by atoms with Crippen molar-refractivity contribution in [2.75, 3.05) is 44.7 Å². The molecular weight excluding hydrogens is 498 g/mol. The van der Waals surface area contributed by atoms with Crippen molar-refractivity contribution < 1.29 is 18.0 Å². The summed E-state index contributed by atoms with van der Waals surface area (Å²) in [6.45, 7) is 6.75. The number of halogens is 4. The Labute approximate surface area is 186 Å². The monoisotopic (exact) mass is 527 g/mol.